The summed E-state index contributed by atoms with van der Waals surface area (Å²) in [7, 11) is 0. The summed E-state index contributed by atoms with van der Waals surface area (Å²) in [6, 6.07) is 9.89. The van der Waals surface area contributed by atoms with Crippen LogP contribution in [0.2, 0.25) is 0 Å². The van der Waals surface area contributed by atoms with E-state index in [-0.39, 0.29) is 0 Å². The van der Waals surface area contributed by atoms with Gasteiger partial charge >= 0.3 is 0 Å². The highest BCUT2D eigenvalue weighted by Crippen LogP contribution is 2.42. The van der Waals surface area contributed by atoms with Crippen molar-refractivity contribution in [3.63, 3.8) is 0 Å². The lowest BCUT2D eigenvalue weighted by molar-refractivity contribution is 0.232. The maximum atomic E-state index is 4.08. The van der Waals surface area contributed by atoms with Gasteiger partial charge < -0.3 is 0 Å². The average Bonchev–Trinajstić information content (AvgIpc) is 2.74. The van der Waals surface area contributed by atoms with Crippen LogP contribution in [0.15, 0.2) is 36.9 Å². The van der Waals surface area contributed by atoms with Crippen LogP contribution in [0.3, 0.4) is 0 Å². The van der Waals surface area contributed by atoms with Crippen molar-refractivity contribution >= 4 is 0 Å². The van der Waals surface area contributed by atoms with Gasteiger partial charge in [0.1, 0.15) is 0 Å². The third-order valence-electron chi connectivity index (χ3n) is 7.96. The van der Waals surface area contributed by atoms with Crippen molar-refractivity contribution in [3.8, 4) is 0 Å². The predicted molar refractivity (Wildman–Crippen MR) is 124 cm³/mol. The monoisotopic (exact) mass is 380 g/mol. The Morgan fingerprint density at radius 1 is 0.821 bits per heavy atom. The highest BCUT2D eigenvalue weighted by atomic mass is 14.3. The zero-order valence-corrected chi connectivity index (χ0v) is 18.7. The topological polar surface area (TPSA) is 0 Å². The fraction of sp³-hybridized carbons (Fsp3) is 0.714. The van der Waals surface area contributed by atoms with Crippen LogP contribution in [0.4, 0.5) is 0 Å². The van der Waals surface area contributed by atoms with Crippen LogP contribution < -0.4 is 0 Å². The third kappa shape index (κ3) is 5.74. The molecule has 2 saturated carbocycles. The van der Waals surface area contributed by atoms with Gasteiger partial charge in [0, 0.05) is 0 Å². The van der Waals surface area contributed by atoms with Crippen molar-refractivity contribution in [2.45, 2.75) is 109 Å². The molecule has 2 fully saturated rings. The second-order valence-electron chi connectivity index (χ2n) is 9.87. The lowest BCUT2D eigenvalue weighted by Crippen LogP contribution is -2.20. The highest BCUT2D eigenvalue weighted by molar-refractivity contribution is 5.29. The summed E-state index contributed by atoms with van der Waals surface area (Å²) in [6.45, 7) is 8.75. The molecule has 0 heteroatoms. The molecule has 2 aliphatic carbocycles. The minimum Gasteiger partial charge on any atom is -0.103 e. The summed E-state index contributed by atoms with van der Waals surface area (Å²) < 4.78 is 0. The first-order valence-corrected chi connectivity index (χ1v) is 12.5. The molecule has 0 amide bonds. The normalized spacial score (nSPS) is 29.4. The molecule has 28 heavy (non-hydrogen) atoms. The summed E-state index contributed by atoms with van der Waals surface area (Å²) in [6.07, 6.45) is 20.3. The molecule has 156 valence electrons. The number of allylic oxidation sites excluding steroid dienone is 1. The average molecular weight is 381 g/mol. The quantitative estimate of drug-likeness (QED) is 0.375. The van der Waals surface area contributed by atoms with Gasteiger partial charge in [0.2, 0.25) is 0 Å². The van der Waals surface area contributed by atoms with Gasteiger partial charge in [0.25, 0.3) is 0 Å². The van der Waals surface area contributed by atoms with Crippen LogP contribution in [-0.2, 0) is 0 Å². The predicted octanol–water partition coefficient (Wildman–Crippen LogP) is 9.03. The molecule has 0 spiro atoms. The Kier molecular flexibility index (Phi) is 8.68. The van der Waals surface area contributed by atoms with Gasteiger partial charge in [-0.05, 0) is 85.7 Å². The van der Waals surface area contributed by atoms with E-state index in [0.29, 0.717) is 5.92 Å². The molecule has 1 unspecified atom stereocenters. The Hall–Kier alpha value is -1.04. The fourth-order valence-electron chi connectivity index (χ4n) is 6.28. The van der Waals surface area contributed by atoms with Crippen molar-refractivity contribution in [3.05, 3.63) is 48.0 Å². The number of hydrogen-bond donors (Lipinski definition) is 0. The first-order valence-electron chi connectivity index (χ1n) is 12.5. The molecule has 0 aliphatic heterocycles. The van der Waals surface area contributed by atoms with E-state index in [4.69, 9.17) is 0 Å². The number of hydrogen-bond acceptors (Lipinski definition) is 0. The van der Waals surface area contributed by atoms with Gasteiger partial charge in [-0.2, -0.15) is 0 Å². The number of benzene rings is 1. The third-order valence-corrected chi connectivity index (χ3v) is 7.96. The fourth-order valence-corrected chi connectivity index (χ4v) is 6.28. The molecule has 1 atom stereocenters. The van der Waals surface area contributed by atoms with E-state index in [9.17, 15) is 0 Å². The van der Waals surface area contributed by atoms with Gasteiger partial charge in [-0.1, -0.05) is 82.7 Å². The van der Waals surface area contributed by atoms with E-state index in [1.54, 1.807) is 11.1 Å². The summed E-state index contributed by atoms with van der Waals surface area (Å²) in [5.41, 5.74) is 3.17. The van der Waals surface area contributed by atoms with Crippen LogP contribution in [0.25, 0.3) is 0 Å². The first-order chi connectivity index (χ1) is 13.7. The molecule has 0 bridgehead atoms. The molecule has 0 nitrogen and oxygen atoms in total. The van der Waals surface area contributed by atoms with E-state index < -0.39 is 0 Å². The smallest absolute Gasteiger partial charge is 0.00991 e. The molecule has 0 heterocycles. The van der Waals surface area contributed by atoms with Crippen molar-refractivity contribution in [1.82, 2.24) is 0 Å². The van der Waals surface area contributed by atoms with Crippen LogP contribution in [0.1, 0.15) is 120 Å². The molecular formula is C28H44. The van der Waals surface area contributed by atoms with Gasteiger partial charge in [-0.15, -0.1) is 6.58 Å². The van der Waals surface area contributed by atoms with Crippen LogP contribution >= 0.6 is 0 Å². The lowest BCUT2D eigenvalue weighted by atomic mass is 9.71. The lowest BCUT2D eigenvalue weighted by Gasteiger charge is -2.34. The minimum absolute atomic E-state index is 0.689. The van der Waals surface area contributed by atoms with Gasteiger partial charge in [-0.3, -0.25) is 0 Å². The van der Waals surface area contributed by atoms with E-state index in [1.165, 1.54) is 77.0 Å². The summed E-state index contributed by atoms with van der Waals surface area (Å²) in [5.74, 6) is 4.36. The summed E-state index contributed by atoms with van der Waals surface area (Å²) in [5, 5.41) is 0. The zero-order chi connectivity index (χ0) is 19.8. The second kappa shape index (κ2) is 11.2. The van der Waals surface area contributed by atoms with E-state index in [1.807, 2.05) is 0 Å². The molecule has 0 radical (unpaired) electrons. The van der Waals surface area contributed by atoms with Crippen LogP contribution in [0, 0.1) is 17.8 Å². The molecule has 3 rings (SSSR count). The maximum absolute atomic E-state index is 4.08. The largest absolute Gasteiger partial charge is 0.103 e. The molecule has 1 aromatic carbocycles. The summed E-state index contributed by atoms with van der Waals surface area (Å²) in [4.78, 5) is 0. The Labute approximate surface area is 175 Å². The molecule has 1 aromatic rings. The van der Waals surface area contributed by atoms with Crippen molar-refractivity contribution in [1.29, 1.82) is 0 Å². The Morgan fingerprint density at radius 2 is 1.36 bits per heavy atom. The molecule has 0 saturated heterocycles. The minimum atomic E-state index is 0.689. The van der Waals surface area contributed by atoms with Crippen molar-refractivity contribution in [2.75, 3.05) is 0 Å². The Bertz CT molecular complexity index is 552. The zero-order valence-electron chi connectivity index (χ0n) is 18.7. The first kappa shape index (κ1) is 21.7. The van der Waals surface area contributed by atoms with E-state index in [0.717, 1.165) is 30.1 Å². The van der Waals surface area contributed by atoms with E-state index >= 15 is 0 Å². The molecule has 0 N–H and O–H groups in total. The maximum Gasteiger partial charge on any atom is -0.00991 e. The van der Waals surface area contributed by atoms with Gasteiger partial charge in [-0.25, -0.2) is 0 Å². The van der Waals surface area contributed by atoms with Crippen LogP contribution in [-0.4, -0.2) is 0 Å². The standard InChI is InChI=1S/C28H44/c1-4-7-22-10-14-24(15-11-22)25-18-20-27(21-19-25)28(9-6-3)26-16-12-23(8-5-2)13-17-26/h6,18-24,26,28H,3-5,7-17H2,1-2H3. The Balaban J connectivity index is 1.59. The number of rotatable bonds is 9. The van der Waals surface area contributed by atoms with Crippen molar-refractivity contribution in [2.24, 2.45) is 17.8 Å². The van der Waals surface area contributed by atoms with Crippen LogP contribution in [0.5, 0.6) is 0 Å². The van der Waals surface area contributed by atoms with Gasteiger partial charge in [0.05, 0.1) is 0 Å². The molecular weight excluding hydrogens is 336 g/mol. The second-order valence-corrected chi connectivity index (χ2v) is 9.87. The molecule has 2 aliphatic rings. The van der Waals surface area contributed by atoms with E-state index in [2.05, 4.69) is 50.8 Å². The summed E-state index contributed by atoms with van der Waals surface area (Å²) >= 11 is 0. The Morgan fingerprint density at radius 3 is 1.86 bits per heavy atom. The highest BCUT2D eigenvalue weighted by Gasteiger charge is 2.28. The van der Waals surface area contributed by atoms with Gasteiger partial charge in [0.15, 0.2) is 0 Å². The molecule has 0 aromatic heterocycles. The van der Waals surface area contributed by atoms with Crippen molar-refractivity contribution < 1.29 is 0 Å². The SMILES string of the molecule is C=CCC(c1ccc(C2CCC(CCC)CC2)cc1)C1CCC(CCC)CC1.